The minimum absolute atomic E-state index is 0.0117. The zero-order chi connectivity index (χ0) is 21.9. The zero-order valence-corrected chi connectivity index (χ0v) is 17.3. The van der Waals surface area contributed by atoms with Crippen LogP contribution in [-0.4, -0.2) is 62.2 Å². The second-order valence-corrected chi connectivity index (χ2v) is 7.00. The van der Waals surface area contributed by atoms with E-state index in [2.05, 4.69) is 10.1 Å². The number of rotatable bonds is 8. The first-order chi connectivity index (χ1) is 14.4. The number of amides is 2. The molecular weight excluding hydrogens is 392 g/mol. The van der Waals surface area contributed by atoms with E-state index in [-0.39, 0.29) is 31.3 Å². The summed E-state index contributed by atoms with van der Waals surface area (Å²) in [5.74, 6) is -1.73. The lowest BCUT2D eigenvalue weighted by atomic mass is 9.95. The summed E-state index contributed by atoms with van der Waals surface area (Å²) >= 11 is 0. The van der Waals surface area contributed by atoms with Gasteiger partial charge in [-0.2, -0.15) is 0 Å². The van der Waals surface area contributed by atoms with Crippen molar-refractivity contribution in [3.63, 3.8) is 0 Å². The van der Waals surface area contributed by atoms with E-state index >= 15 is 0 Å². The fourth-order valence-electron chi connectivity index (χ4n) is 3.18. The number of piperidine rings is 1. The number of nitrogens with zero attached hydrogens (tertiary/aromatic N) is 1. The third kappa shape index (κ3) is 7.06. The van der Waals surface area contributed by atoms with Crippen LogP contribution in [0.5, 0.6) is 0 Å². The standard InChI is InChI=1S/C21H28N2O7/c1-28-18(24)9-8-17(20(26)29-2)22-19(25)16-10-12-23(13-11-16)21(27)30-14-15-6-4-3-5-7-15/h3-7,16-17H,8-14H2,1-2H3,(H,22,25)/t17-/m0/s1. The molecule has 0 bridgehead atoms. The van der Waals surface area contributed by atoms with E-state index in [1.54, 1.807) is 4.90 Å². The maximum atomic E-state index is 12.6. The Hall–Kier alpha value is -3.10. The summed E-state index contributed by atoms with van der Waals surface area (Å²) in [7, 11) is 2.48. The highest BCUT2D eigenvalue weighted by atomic mass is 16.6. The van der Waals surface area contributed by atoms with Gasteiger partial charge in [0.1, 0.15) is 12.6 Å². The van der Waals surface area contributed by atoms with Gasteiger partial charge in [0.15, 0.2) is 0 Å². The Morgan fingerprint density at radius 2 is 1.73 bits per heavy atom. The molecule has 1 aromatic rings. The van der Waals surface area contributed by atoms with E-state index in [0.29, 0.717) is 25.9 Å². The van der Waals surface area contributed by atoms with Crippen molar-refractivity contribution in [2.45, 2.75) is 38.3 Å². The Morgan fingerprint density at radius 3 is 2.33 bits per heavy atom. The fraction of sp³-hybridized carbons (Fsp3) is 0.524. The highest BCUT2D eigenvalue weighted by molar-refractivity contribution is 5.86. The molecule has 2 amide bonds. The Balaban J connectivity index is 1.79. The van der Waals surface area contributed by atoms with Crippen LogP contribution in [0, 0.1) is 5.92 Å². The van der Waals surface area contributed by atoms with E-state index in [1.807, 2.05) is 30.3 Å². The SMILES string of the molecule is COC(=O)CC[C@H](NC(=O)C1CCN(C(=O)OCc2ccccc2)CC1)C(=O)OC. The van der Waals surface area contributed by atoms with Gasteiger partial charge in [-0.3, -0.25) is 9.59 Å². The second-order valence-electron chi connectivity index (χ2n) is 7.00. The van der Waals surface area contributed by atoms with E-state index in [0.717, 1.165) is 5.56 Å². The van der Waals surface area contributed by atoms with Gasteiger partial charge in [0, 0.05) is 25.4 Å². The molecule has 9 heteroatoms. The Kier molecular flexibility index (Phi) is 9.11. The van der Waals surface area contributed by atoms with Crippen molar-refractivity contribution in [3.05, 3.63) is 35.9 Å². The first-order valence-corrected chi connectivity index (χ1v) is 9.85. The number of methoxy groups -OCH3 is 2. The van der Waals surface area contributed by atoms with Gasteiger partial charge in [0.25, 0.3) is 0 Å². The van der Waals surface area contributed by atoms with Crippen LogP contribution in [-0.2, 0) is 35.2 Å². The second kappa shape index (κ2) is 11.8. The van der Waals surface area contributed by atoms with E-state index in [4.69, 9.17) is 9.47 Å². The van der Waals surface area contributed by atoms with Crippen molar-refractivity contribution >= 4 is 23.9 Å². The summed E-state index contributed by atoms with van der Waals surface area (Å²) < 4.78 is 14.6. The number of benzene rings is 1. The lowest BCUT2D eigenvalue weighted by molar-refractivity contribution is -0.147. The van der Waals surface area contributed by atoms with Crippen LogP contribution in [0.25, 0.3) is 0 Å². The minimum atomic E-state index is -0.921. The summed E-state index contributed by atoms with van der Waals surface area (Å²) in [5.41, 5.74) is 0.904. The van der Waals surface area contributed by atoms with Crippen LogP contribution >= 0.6 is 0 Å². The lowest BCUT2D eigenvalue weighted by Crippen LogP contribution is -2.48. The first kappa shape index (κ1) is 23.2. The highest BCUT2D eigenvalue weighted by Gasteiger charge is 2.31. The third-order valence-corrected chi connectivity index (χ3v) is 5.00. The maximum absolute atomic E-state index is 12.6. The number of likely N-dealkylation sites (tertiary alicyclic amines) is 1. The first-order valence-electron chi connectivity index (χ1n) is 9.85. The lowest BCUT2D eigenvalue weighted by Gasteiger charge is -2.31. The molecule has 1 saturated heterocycles. The molecule has 2 rings (SSSR count). The summed E-state index contributed by atoms with van der Waals surface area (Å²) in [6.07, 6.45) is 0.579. The summed E-state index contributed by atoms with van der Waals surface area (Å²) in [6, 6.07) is 8.47. The van der Waals surface area contributed by atoms with Crippen LogP contribution in [0.3, 0.4) is 0 Å². The molecule has 0 saturated carbocycles. The number of carbonyl (C=O) groups is 4. The van der Waals surface area contributed by atoms with Crippen molar-refractivity contribution < 1.29 is 33.4 Å². The van der Waals surface area contributed by atoms with E-state index in [9.17, 15) is 19.2 Å². The van der Waals surface area contributed by atoms with Gasteiger partial charge < -0.3 is 24.4 Å². The predicted molar refractivity (Wildman–Crippen MR) is 106 cm³/mol. The average molecular weight is 420 g/mol. The van der Waals surface area contributed by atoms with Gasteiger partial charge in [0.2, 0.25) is 5.91 Å². The van der Waals surface area contributed by atoms with Crippen molar-refractivity contribution in [1.29, 1.82) is 0 Å². The van der Waals surface area contributed by atoms with Gasteiger partial charge in [-0.1, -0.05) is 30.3 Å². The fourth-order valence-corrected chi connectivity index (χ4v) is 3.18. The van der Waals surface area contributed by atoms with Gasteiger partial charge >= 0.3 is 18.0 Å². The van der Waals surface area contributed by atoms with Gasteiger partial charge in [-0.15, -0.1) is 0 Å². The molecule has 0 spiro atoms. The molecule has 1 atom stereocenters. The van der Waals surface area contributed by atoms with E-state index < -0.39 is 24.1 Å². The van der Waals surface area contributed by atoms with Gasteiger partial charge in [-0.05, 0) is 24.8 Å². The summed E-state index contributed by atoms with van der Waals surface area (Å²) in [6.45, 7) is 0.967. The summed E-state index contributed by atoms with van der Waals surface area (Å²) in [5, 5.41) is 2.65. The van der Waals surface area contributed by atoms with Gasteiger partial charge in [0.05, 0.1) is 14.2 Å². The minimum Gasteiger partial charge on any atom is -0.469 e. The number of esters is 2. The van der Waals surface area contributed by atoms with Crippen LogP contribution in [0.4, 0.5) is 4.79 Å². The van der Waals surface area contributed by atoms with E-state index in [1.165, 1.54) is 14.2 Å². The summed E-state index contributed by atoms with van der Waals surface area (Å²) in [4.78, 5) is 49.6. The van der Waals surface area contributed by atoms with Crippen molar-refractivity contribution in [3.8, 4) is 0 Å². The molecule has 0 aromatic heterocycles. The number of hydrogen-bond acceptors (Lipinski definition) is 7. The van der Waals surface area contributed by atoms with Crippen molar-refractivity contribution in [2.24, 2.45) is 5.92 Å². The Morgan fingerprint density at radius 1 is 1.07 bits per heavy atom. The largest absolute Gasteiger partial charge is 0.469 e. The normalized spacial score (nSPS) is 15.1. The Labute approximate surface area is 175 Å². The number of carbonyl (C=O) groups excluding carboxylic acids is 4. The molecule has 1 heterocycles. The van der Waals surface area contributed by atoms with Crippen molar-refractivity contribution in [1.82, 2.24) is 10.2 Å². The zero-order valence-electron chi connectivity index (χ0n) is 17.3. The van der Waals surface area contributed by atoms with Crippen LogP contribution in [0.15, 0.2) is 30.3 Å². The predicted octanol–water partition coefficient (Wildman–Crippen LogP) is 1.65. The third-order valence-electron chi connectivity index (χ3n) is 5.00. The molecule has 1 N–H and O–H groups in total. The monoisotopic (exact) mass is 420 g/mol. The molecule has 9 nitrogen and oxygen atoms in total. The molecule has 0 radical (unpaired) electrons. The molecule has 164 valence electrons. The molecule has 1 aliphatic heterocycles. The smallest absolute Gasteiger partial charge is 0.410 e. The molecule has 0 aliphatic carbocycles. The highest BCUT2D eigenvalue weighted by Crippen LogP contribution is 2.19. The van der Waals surface area contributed by atoms with Gasteiger partial charge in [-0.25, -0.2) is 9.59 Å². The Bertz CT molecular complexity index is 730. The number of hydrogen-bond donors (Lipinski definition) is 1. The number of ether oxygens (including phenoxy) is 3. The topological polar surface area (TPSA) is 111 Å². The van der Waals surface area contributed by atoms with Crippen LogP contribution < -0.4 is 5.32 Å². The molecular formula is C21H28N2O7. The molecule has 30 heavy (non-hydrogen) atoms. The molecule has 1 aromatic carbocycles. The number of nitrogens with one attached hydrogen (secondary N) is 1. The quantitative estimate of drug-likeness (QED) is 0.503. The average Bonchev–Trinajstić information content (AvgIpc) is 2.79. The molecule has 1 aliphatic rings. The molecule has 1 fully saturated rings. The molecule has 0 unspecified atom stereocenters. The van der Waals surface area contributed by atoms with Crippen LogP contribution in [0.1, 0.15) is 31.2 Å². The van der Waals surface area contributed by atoms with Crippen LogP contribution in [0.2, 0.25) is 0 Å². The van der Waals surface area contributed by atoms with Crippen molar-refractivity contribution in [2.75, 3.05) is 27.3 Å². The maximum Gasteiger partial charge on any atom is 0.410 e.